The van der Waals surface area contributed by atoms with Crippen LogP contribution in [-0.4, -0.2) is 42.8 Å². The van der Waals surface area contributed by atoms with Crippen LogP contribution >= 0.6 is 0 Å². The minimum atomic E-state index is -3.31. The van der Waals surface area contributed by atoms with Gasteiger partial charge in [-0.2, -0.15) is 0 Å². The molecule has 0 radical (unpaired) electrons. The monoisotopic (exact) mass is 221 g/mol. The van der Waals surface area contributed by atoms with Crippen molar-refractivity contribution in [3.63, 3.8) is 0 Å². The summed E-state index contributed by atoms with van der Waals surface area (Å²) in [5, 5.41) is 8.15. The minimum Gasteiger partial charge on any atom is -0.395 e. The number of rotatable bonds is 5. The molecule has 0 bridgehead atoms. The SMILES string of the molecule is CC(C1CC1)N(C)S(=O)(=O)C(C)CO. The van der Waals surface area contributed by atoms with Gasteiger partial charge in [-0.1, -0.05) is 0 Å². The summed E-state index contributed by atoms with van der Waals surface area (Å²) in [7, 11) is -1.71. The average molecular weight is 221 g/mol. The molecule has 1 rings (SSSR count). The summed E-state index contributed by atoms with van der Waals surface area (Å²) in [6.07, 6.45) is 2.24. The van der Waals surface area contributed by atoms with Crippen LogP contribution < -0.4 is 0 Å². The number of aliphatic hydroxyl groups is 1. The fourth-order valence-corrected chi connectivity index (χ4v) is 2.88. The van der Waals surface area contributed by atoms with E-state index in [0.717, 1.165) is 12.8 Å². The van der Waals surface area contributed by atoms with Gasteiger partial charge in [-0.3, -0.25) is 0 Å². The zero-order valence-corrected chi connectivity index (χ0v) is 9.79. The van der Waals surface area contributed by atoms with Crippen molar-refractivity contribution in [3.8, 4) is 0 Å². The maximum absolute atomic E-state index is 11.8. The molecule has 0 aliphatic heterocycles. The van der Waals surface area contributed by atoms with E-state index >= 15 is 0 Å². The smallest absolute Gasteiger partial charge is 0.218 e. The molecule has 14 heavy (non-hydrogen) atoms. The largest absolute Gasteiger partial charge is 0.395 e. The molecule has 4 nitrogen and oxygen atoms in total. The third-order valence-electron chi connectivity index (χ3n) is 3.04. The summed E-state index contributed by atoms with van der Waals surface area (Å²) in [6.45, 7) is 3.15. The molecule has 0 saturated heterocycles. The van der Waals surface area contributed by atoms with Gasteiger partial charge in [0, 0.05) is 13.1 Å². The van der Waals surface area contributed by atoms with Crippen molar-refractivity contribution < 1.29 is 13.5 Å². The van der Waals surface area contributed by atoms with Gasteiger partial charge in [-0.25, -0.2) is 12.7 Å². The zero-order valence-electron chi connectivity index (χ0n) is 8.97. The van der Waals surface area contributed by atoms with E-state index in [-0.39, 0.29) is 12.6 Å². The molecule has 0 spiro atoms. The van der Waals surface area contributed by atoms with Crippen molar-refractivity contribution in [1.29, 1.82) is 0 Å². The number of aliphatic hydroxyl groups excluding tert-OH is 1. The van der Waals surface area contributed by atoms with Crippen molar-refractivity contribution >= 4 is 10.0 Å². The lowest BCUT2D eigenvalue weighted by molar-refractivity contribution is 0.284. The van der Waals surface area contributed by atoms with Crippen LogP contribution in [0.25, 0.3) is 0 Å². The second-order valence-electron chi connectivity index (χ2n) is 4.13. The summed E-state index contributed by atoms with van der Waals surface area (Å²) in [4.78, 5) is 0. The van der Waals surface area contributed by atoms with Crippen molar-refractivity contribution in [3.05, 3.63) is 0 Å². The van der Waals surface area contributed by atoms with Gasteiger partial charge in [0.2, 0.25) is 10.0 Å². The normalized spacial score (nSPS) is 22.4. The maximum atomic E-state index is 11.8. The molecule has 0 aromatic heterocycles. The number of nitrogens with zero attached hydrogens (tertiary/aromatic N) is 1. The molecule has 84 valence electrons. The highest BCUT2D eigenvalue weighted by atomic mass is 32.2. The topological polar surface area (TPSA) is 57.6 Å². The Hall–Kier alpha value is -0.130. The van der Waals surface area contributed by atoms with Crippen LogP contribution in [0.3, 0.4) is 0 Å². The Bertz CT molecular complexity index is 284. The quantitative estimate of drug-likeness (QED) is 0.732. The van der Waals surface area contributed by atoms with Crippen LogP contribution in [0.1, 0.15) is 26.7 Å². The molecule has 0 aromatic carbocycles. The highest BCUT2D eigenvalue weighted by Crippen LogP contribution is 2.35. The molecule has 0 heterocycles. The second-order valence-corrected chi connectivity index (χ2v) is 6.54. The first-order chi connectivity index (χ1) is 6.41. The maximum Gasteiger partial charge on any atom is 0.218 e. The van der Waals surface area contributed by atoms with E-state index in [1.807, 2.05) is 6.92 Å². The number of hydrogen-bond acceptors (Lipinski definition) is 3. The molecule has 0 amide bonds. The van der Waals surface area contributed by atoms with Gasteiger partial charge in [0.25, 0.3) is 0 Å². The Morgan fingerprint density at radius 3 is 2.29 bits per heavy atom. The summed E-state index contributed by atoms with van der Waals surface area (Å²) < 4.78 is 25.0. The van der Waals surface area contributed by atoms with Crippen LogP contribution in [0, 0.1) is 5.92 Å². The van der Waals surface area contributed by atoms with E-state index in [4.69, 9.17) is 5.11 Å². The van der Waals surface area contributed by atoms with Gasteiger partial charge < -0.3 is 5.11 Å². The van der Waals surface area contributed by atoms with E-state index in [1.165, 1.54) is 11.2 Å². The predicted octanol–water partition coefficient (Wildman–Crippen LogP) is 0.427. The lowest BCUT2D eigenvalue weighted by atomic mass is 10.2. The molecule has 1 fully saturated rings. The highest BCUT2D eigenvalue weighted by molar-refractivity contribution is 7.89. The molecule has 1 N–H and O–H groups in total. The first-order valence-corrected chi connectivity index (χ1v) is 6.49. The van der Waals surface area contributed by atoms with Gasteiger partial charge in [-0.15, -0.1) is 0 Å². The van der Waals surface area contributed by atoms with Crippen molar-refractivity contribution in [2.75, 3.05) is 13.7 Å². The Balaban J connectivity index is 2.70. The molecule has 1 aliphatic rings. The first-order valence-electron chi connectivity index (χ1n) is 4.99. The van der Waals surface area contributed by atoms with Crippen molar-refractivity contribution in [2.45, 2.75) is 38.0 Å². The zero-order chi connectivity index (χ0) is 10.9. The standard InChI is InChI=1S/C9H19NO3S/c1-7(6-11)14(12,13)10(3)8(2)9-4-5-9/h7-9,11H,4-6H2,1-3H3. The van der Waals surface area contributed by atoms with Gasteiger partial charge in [0.1, 0.15) is 0 Å². The molecule has 1 aliphatic carbocycles. The fourth-order valence-electron chi connectivity index (χ4n) is 1.49. The summed E-state index contributed by atoms with van der Waals surface area (Å²) in [5.41, 5.74) is 0. The van der Waals surface area contributed by atoms with Crippen LogP contribution in [0.4, 0.5) is 0 Å². The molecule has 1 saturated carbocycles. The minimum absolute atomic E-state index is 0.0639. The predicted molar refractivity (Wildman–Crippen MR) is 55.4 cm³/mol. The Labute approximate surface area is 86.0 Å². The molecule has 5 heteroatoms. The Morgan fingerprint density at radius 2 is 1.93 bits per heavy atom. The van der Waals surface area contributed by atoms with Gasteiger partial charge in [0.15, 0.2) is 0 Å². The van der Waals surface area contributed by atoms with Gasteiger partial charge >= 0.3 is 0 Å². The van der Waals surface area contributed by atoms with Crippen molar-refractivity contribution in [2.24, 2.45) is 5.92 Å². The lowest BCUT2D eigenvalue weighted by Gasteiger charge is -2.26. The van der Waals surface area contributed by atoms with Gasteiger partial charge in [0.05, 0.1) is 11.9 Å². The van der Waals surface area contributed by atoms with E-state index in [2.05, 4.69) is 0 Å². The van der Waals surface area contributed by atoms with E-state index in [0.29, 0.717) is 5.92 Å². The lowest BCUT2D eigenvalue weighted by Crippen LogP contribution is -2.42. The van der Waals surface area contributed by atoms with Crippen LogP contribution in [0.2, 0.25) is 0 Å². The highest BCUT2D eigenvalue weighted by Gasteiger charge is 2.37. The molecular weight excluding hydrogens is 202 g/mol. The molecular formula is C9H19NO3S. The molecule has 2 atom stereocenters. The summed E-state index contributed by atoms with van der Waals surface area (Å²) >= 11 is 0. The average Bonchev–Trinajstić information content (AvgIpc) is 2.97. The molecule has 0 aromatic rings. The summed E-state index contributed by atoms with van der Waals surface area (Å²) in [5.74, 6) is 0.515. The second kappa shape index (κ2) is 4.16. The van der Waals surface area contributed by atoms with Crippen molar-refractivity contribution in [1.82, 2.24) is 4.31 Å². The Morgan fingerprint density at radius 1 is 1.43 bits per heavy atom. The van der Waals surface area contributed by atoms with Crippen LogP contribution in [0.5, 0.6) is 0 Å². The molecule has 2 unspecified atom stereocenters. The fraction of sp³-hybridized carbons (Fsp3) is 1.00. The number of hydrogen-bond donors (Lipinski definition) is 1. The third kappa shape index (κ3) is 2.27. The van der Waals surface area contributed by atoms with E-state index in [9.17, 15) is 8.42 Å². The number of sulfonamides is 1. The van der Waals surface area contributed by atoms with Crippen LogP contribution in [0.15, 0.2) is 0 Å². The van der Waals surface area contributed by atoms with E-state index in [1.54, 1.807) is 7.05 Å². The van der Waals surface area contributed by atoms with Gasteiger partial charge in [-0.05, 0) is 32.6 Å². The van der Waals surface area contributed by atoms with E-state index < -0.39 is 15.3 Å². The third-order valence-corrected chi connectivity index (χ3v) is 5.35. The first kappa shape index (κ1) is 11.9. The Kier molecular flexibility index (Phi) is 3.55. The van der Waals surface area contributed by atoms with Crippen LogP contribution in [-0.2, 0) is 10.0 Å². The summed E-state index contributed by atoms with van der Waals surface area (Å²) in [6, 6.07) is 0.0639.